The number of sulfonamides is 1. The van der Waals surface area contributed by atoms with Crippen molar-refractivity contribution in [3.05, 3.63) is 24.3 Å². The number of fused-ring (bicyclic) bond motifs is 1. The van der Waals surface area contributed by atoms with Crippen LogP contribution in [0, 0.1) is 17.8 Å². The van der Waals surface area contributed by atoms with Crippen molar-refractivity contribution in [1.29, 1.82) is 0 Å². The number of nitrogens with zero attached hydrogens (tertiary/aromatic N) is 1. The third-order valence-electron chi connectivity index (χ3n) is 6.05. The first-order valence-electron chi connectivity index (χ1n) is 11.5. The van der Waals surface area contributed by atoms with E-state index in [4.69, 9.17) is 18.9 Å². The third kappa shape index (κ3) is 6.26. The zero-order valence-corrected chi connectivity index (χ0v) is 20.8. The van der Waals surface area contributed by atoms with Crippen molar-refractivity contribution in [2.45, 2.75) is 50.5 Å². The van der Waals surface area contributed by atoms with Gasteiger partial charge in [-0.15, -0.1) is 0 Å². The van der Waals surface area contributed by atoms with Crippen LogP contribution < -0.4 is 10.1 Å². The topological polar surface area (TPSA) is 120 Å². The quantitative estimate of drug-likeness (QED) is 0.460. The lowest BCUT2D eigenvalue weighted by atomic mass is 10.0. The number of ether oxygens (including phenoxy) is 4. The number of aldehydes is 1. The first-order valence-corrected chi connectivity index (χ1v) is 12.9. The molecule has 1 N–H and O–H groups in total. The monoisotopic (exact) mass is 498 g/mol. The number of benzene rings is 1. The molecule has 0 aliphatic carbocycles. The molecule has 2 fully saturated rings. The molecule has 2 heterocycles. The van der Waals surface area contributed by atoms with Gasteiger partial charge in [-0.1, -0.05) is 20.8 Å². The second-order valence-electron chi connectivity index (χ2n) is 9.14. The summed E-state index contributed by atoms with van der Waals surface area (Å²) < 4.78 is 49.5. The van der Waals surface area contributed by atoms with Crippen LogP contribution in [0.1, 0.15) is 27.2 Å². The van der Waals surface area contributed by atoms with Gasteiger partial charge in [0.15, 0.2) is 6.29 Å². The van der Waals surface area contributed by atoms with Gasteiger partial charge in [-0.05, 0) is 42.5 Å². The Morgan fingerprint density at radius 1 is 1.21 bits per heavy atom. The van der Waals surface area contributed by atoms with Gasteiger partial charge in [-0.3, -0.25) is 0 Å². The Hall–Kier alpha value is -2.21. The largest absolute Gasteiger partial charge is 0.497 e. The van der Waals surface area contributed by atoms with Gasteiger partial charge in [-0.2, -0.15) is 4.31 Å². The molecule has 2 saturated heterocycles. The van der Waals surface area contributed by atoms with E-state index in [0.29, 0.717) is 18.6 Å². The maximum absolute atomic E-state index is 13.3. The SMILES string of the molecule is COc1ccc(S(=O)(=O)N(CC(C)C)C[C@@H](C)[C@H](C=O)NC(=O)O[C@H]2CO[C@H]3OCC[C@H]32)cc1. The van der Waals surface area contributed by atoms with Gasteiger partial charge < -0.3 is 29.1 Å². The first kappa shape index (κ1) is 26.4. The summed E-state index contributed by atoms with van der Waals surface area (Å²) in [5.74, 6) is 0.0830. The minimum atomic E-state index is -3.83. The Morgan fingerprint density at radius 2 is 1.91 bits per heavy atom. The Labute approximate surface area is 200 Å². The highest BCUT2D eigenvalue weighted by Gasteiger charge is 2.44. The second kappa shape index (κ2) is 11.5. The fourth-order valence-electron chi connectivity index (χ4n) is 4.18. The third-order valence-corrected chi connectivity index (χ3v) is 7.89. The Kier molecular flexibility index (Phi) is 8.91. The smallest absolute Gasteiger partial charge is 0.408 e. The molecule has 3 rings (SSSR count). The van der Waals surface area contributed by atoms with E-state index < -0.39 is 34.2 Å². The lowest BCUT2D eigenvalue weighted by Gasteiger charge is -2.29. The van der Waals surface area contributed by atoms with Crippen LogP contribution in [0.2, 0.25) is 0 Å². The van der Waals surface area contributed by atoms with E-state index in [9.17, 15) is 18.0 Å². The molecule has 0 bridgehead atoms. The number of carbonyl (C=O) groups is 2. The summed E-state index contributed by atoms with van der Waals surface area (Å²) in [6.45, 7) is 6.65. The van der Waals surface area contributed by atoms with Crippen LogP contribution in [0.5, 0.6) is 5.75 Å². The molecular formula is C23H34N2O8S. The van der Waals surface area contributed by atoms with Gasteiger partial charge in [0.1, 0.15) is 18.1 Å². The molecule has 1 aromatic rings. The van der Waals surface area contributed by atoms with Crippen molar-refractivity contribution in [2.24, 2.45) is 17.8 Å². The molecule has 1 amide bonds. The molecule has 0 saturated carbocycles. The standard InChI is InChI=1S/C23H34N2O8S/c1-15(2)11-25(34(28,29)18-7-5-17(30-4)6-8-18)12-16(3)20(13-26)24-23(27)33-21-14-32-22-19(21)9-10-31-22/h5-8,13,15-16,19-22H,9-12,14H2,1-4H3,(H,24,27)/t16-,19+,20+,21+,22-/m1/s1. The summed E-state index contributed by atoms with van der Waals surface area (Å²) >= 11 is 0. The summed E-state index contributed by atoms with van der Waals surface area (Å²) in [4.78, 5) is 24.4. The van der Waals surface area contributed by atoms with Crippen LogP contribution in [0.4, 0.5) is 4.79 Å². The normalized spacial score (nSPS) is 24.0. The number of nitrogens with one attached hydrogen (secondary N) is 1. The van der Waals surface area contributed by atoms with Gasteiger partial charge in [0.2, 0.25) is 10.0 Å². The van der Waals surface area contributed by atoms with Crippen LogP contribution in [0.25, 0.3) is 0 Å². The van der Waals surface area contributed by atoms with E-state index in [2.05, 4.69) is 5.32 Å². The van der Waals surface area contributed by atoms with Crippen molar-refractivity contribution < 1.29 is 37.0 Å². The molecule has 0 aromatic heterocycles. The predicted molar refractivity (Wildman–Crippen MR) is 123 cm³/mol. The average molecular weight is 499 g/mol. The van der Waals surface area contributed by atoms with Crippen LogP contribution in [0.3, 0.4) is 0 Å². The summed E-state index contributed by atoms with van der Waals surface area (Å²) in [5, 5.41) is 2.57. The van der Waals surface area contributed by atoms with Gasteiger partial charge in [0, 0.05) is 13.1 Å². The number of amides is 1. The number of methoxy groups -OCH3 is 1. The maximum Gasteiger partial charge on any atom is 0.408 e. The highest BCUT2D eigenvalue weighted by Crippen LogP contribution is 2.33. The number of hydrogen-bond acceptors (Lipinski definition) is 8. The fourth-order valence-corrected chi connectivity index (χ4v) is 5.88. The molecule has 190 valence electrons. The zero-order valence-electron chi connectivity index (χ0n) is 20.0. The van der Waals surface area contributed by atoms with E-state index >= 15 is 0 Å². The highest BCUT2D eigenvalue weighted by molar-refractivity contribution is 7.89. The molecule has 2 aliphatic heterocycles. The first-order chi connectivity index (χ1) is 16.1. The van der Waals surface area contributed by atoms with Gasteiger partial charge in [0.05, 0.1) is 37.2 Å². The van der Waals surface area contributed by atoms with Gasteiger partial charge >= 0.3 is 6.09 Å². The Morgan fingerprint density at radius 3 is 2.53 bits per heavy atom. The minimum absolute atomic E-state index is 0.0194. The van der Waals surface area contributed by atoms with E-state index in [1.807, 2.05) is 13.8 Å². The van der Waals surface area contributed by atoms with Crippen molar-refractivity contribution in [2.75, 3.05) is 33.4 Å². The van der Waals surface area contributed by atoms with Crippen LogP contribution >= 0.6 is 0 Å². The Bertz CT molecular complexity index is 937. The summed E-state index contributed by atoms with van der Waals surface area (Å²) in [6, 6.07) is 5.22. The van der Waals surface area contributed by atoms with E-state index in [1.165, 1.54) is 23.5 Å². The molecule has 0 unspecified atom stereocenters. The van der Waals surface area contributed by atoms with Crippen LogP contribution in [-0.2, 0) is 29.0 Å². The average Bonchev–Trinajstić information content (AvgIpc) is 3.42. The molecule has 1 aromatic carbocycles. The summed E-state index contributed by atoms with van der Waals surface area (Å²) in [6.07, 6.45) is -0.192. The minimum Gasteiger partial charge on any atom is -0.497 e. The number of rotatable bonds is 11. The molecule has 2 aliphatic rings. The van der Waals surface area contributed by atoms with Crippen molar-refractivity contribution in [3.8, 4) is 5.75 Å². The number of hydrogen-bond donors (Lipinski definition) is 1. The predicted octanol–water partition coefficient (Wildman–Crippen LogP) is 2.03. The molecule has 0 radical (unpaired) electrons. The lowest BCUT2D eigenvalue weighted by Crippen LogP contribution is -2.47. The van der Waals surface area contributed by atoms with E-state index in [0.717, 1.165) is 6.42 Å². The highest BCUT2D eigenvalue weighted by atomic mass is 32.2. The molecule has 0 spiro atoms. The molecule has 11 heteroatoms. The van der Waals surface area contributed by atoms with Crippen molar-refractivity contribution in [1.82, 2.24) is 9.62 Å². The molecule has 10 nitrogen and oxygen atoms in total. The van der Waals surface area contributed by atoms with Crippen molar-refractivity contribution in [3.63, 3.8) is 0 Å². The van der Waals surface area contributed by atoms with E-state index in [1.54, 1.807) is 19.1 Å². The summed E-state index contributed by atoms with van der Waals surface area (Å²) in [7, 11) is -2.32. The Balaban J connectivity index is 1.65. The zero-order chi connectivity index (χ0) is 24.9. The molecule has 34 heavy (non-hydrogen) atoms. The van der Waals surface area contributed by atoms with Crippen LogP contribution in [0.15, 0.2) is 29.2 Å². The van der Waals surface area contributed by atoms with E-state index in [-0.39, 0.29) is 42.7 Å². The molecular weight excluding hydrogens is 464 g/mol. The summed E-state index contributed by atoms with van der Waals surface area (Å²) in [5.41, 5.74) is 0. The molecule has 5 atom stereocenters. The number of alkyl carbamates (subject to hydrolysis) is 1. The maximum atomic E-state index is 13.3. The van der Waals surface area contributed by atoms with Gasteiger partial charge in [-0.25, -0.2) is 13.2 Å². The second-order valence-corrected chi connectivity index (χ2v) is 11.1. The number of carbonyl (C=O) groups excluding carboxylic acids is 2. The van der Waals surface area contributed by atoms with Crippen LogP contribution in [-0.4, -0.2) is 77.0 Å². The lowest BCUT2D eigenvalue weighted by molar-refractivity contribution is -0.110. The van der Waals surface area contributed by atoms with Gasteiger partial charge in [0.25, 0.3) is 0 Å². The van der Waals surface area contributed by atoms with Crippen molar-refractivity contribution >= 4 is 22.4 Å². The fraction of sp³-hybridized carbons (Fsp3) is 0.652.